The van der Waals surface area contributed by atoms with Crippen molar-refractivity contribution >= 4 is 28.4 Å². The predicted octanol–water partition coefficient (Wildman–Crippen LogP) is 2.91. The van der Waals surface area contributed by atoms with E-state index in [0.717, 1.165) is 16.5 Å². The molecule has 0 bridgehead atoms. The van der Waals surface area contributed by atoms with E-state index in [1.165, 1.54) is 0 Å². The minimum atomic E-state index is -0.00310. The largest absolute Gasteiger partial charge is 0.352 e. The maximum atomic E-state index is 12.2. The van der Waals surface area contributed by atoms with Gasteiger partial charge in [-0.15, -0.1) is 0 Å². The summed E-state index contributed by atoms with van der Waals surface area (Å²) >= 11 is 6.06. The maximum absolute atomic E-state index is 12.2. The Bertz CT molecular complexity index is 648. The SMILES string of the molecule is CC(C)C(C)NC(=O)Cn1cc(CN)c2ccc(Cl)cc21. The molecule has 0 spiro atoms. The summed E-state index contributed by atoms with van der Waals surface area (Å²) in [7, 11) is 0. The maximum Gasteiger partial charge on any atom is 0.240 e. The number of hydrogen-bond acceptors (Lipinski definition) is 2. The fraction of sp³-hybridized carbons (Fsp3) is 0.438. The third-order valence-corrected chi connectivity index (χ3v) is 4.08. The van der Waals surface area contributed by atoms with Crippen LogP contribution >= 0.6 is 11.6 Å². The molecule has 21 heavy (non-hydrogen) atoms. The Morgan fingerprint density at radius 2 is 2.10 bits per heavy atom. The number of benzene rings is 1. The van der Waals surface area contributed by atoms with Crippen molar-refractivity contribution in [2.45, 2.75) is 39.9 Å². The highest BCUT2D eigenvalue weighted by molar-refractivity contribution is 6.31. The van der Waals surface area contributed by atoms with Gasteiger partial charge in [0.2, 0.25) is 5.91 Å². The molecule has 2 rings (SSSR count). The van der Waals surface area contributed by atoms with Gasteiger partial charge in [-0.2, -0.15) is 0 Å². The van der Waals surface area contributed by atoms with Gasteiger partial charge in [0, 0.05) is 29.2 Å². The summed E-state index contributed by atoms with van der Waals surface area (Å²) in [6, 6.07) is 5.81. The smallest absolute Gasteiger partial charge is 0.240 e. The normalized spacial score (nSPS) is 12.9. The van der Waals surface area contributed by atoms with E-state index in [2.05, 4.69) is 19.2 Å². The molecule has 0 saturated carbocycles. The standard InChI is InChI=1S/C16H22ClN3O/c1-10(2)11(3)19-16(21)9-20-8-12(7-18)14-5-4-13(17)6-15(14)20/h4-6,8,10-11H,7,9,18H2,1-3H3,(H,19,21). The van der Waals surface area contributed by atoms with Crippen LogP contribution in [0.4, 0.5) is 0 Å². The van der Waals surface area contributed by atoms with Crippen molar-refractivity contribution in [1.29, 1.82) is 0 Å². The number of aromatic nitrogens is 1. The van der Waals surface area contributed by atoms with Crippen molar-refractivity contribution < 1.29 is 4.79 Å². The molecule has 1 atom stereocenters. The molecule has 1 unspecified atom stereocenters. The van der Waals surface area contributed by atoms with E-state index in [-0.39, 0.29) is 18.5 Å². The zero-order valence-corrected chi connectivity index (χ0v) is 13.4. The quantitative estimate of drug-likeness (QED) is 0.892. The van der Waals surface area contributed by atoms with Crippen LogP contribution in [0.15, 0.2) is 24.4 Å². The lowest BCUT2D eigenvalue weighted by Gasteiger charge is -2.17. The van der Waals surface area contributed by atoms with Gasteiger partial charge in [0.25, 0.3) is 0 Å². The average molecular weight is 308 g/mol. The molecule has 0 fully saturated rings. The van der Waals surface area contributed by atoms with E-state index in [1.54, 1.807) is 0 Å². The number of hydrogen-bond donors (Lipinski definition) is 2. The predicted molar refractivity (Wildman–Crippen MR) is 87.3 cm³/mol. The monoisotopic (exact) mass is 307 g/mol. The minimum absolute atomic E-state index is 0.00310. The van der Waals surface area contributed by atoms with Crippen molar-refractivity contribution in [2.75, 3.05) is 0 Å². The van der Waals surface area contributed by atoms with Gasteiger partial charge >= 0.3 is 0 Å². The van der Waals surface area contributed by atoms with Crippen LogP contribution in [0.5, 0.6) is 0 Å². The number of amides is 1. The van der Waals surface area contributed by atoms with Gasteiger partial charge in [-0.3, -0.25) is 4.79 Å². The molecule has 114 valence electrons. The first kappa shape index (κ1) is 15.9. The van der Waals surface area contributed by atoms with Crippen LogP contribution in [0, 0.1) is 5.92 Å². The average Bonchev–Trinajstić information content (AvgIpc) is 2.75. The third-order valence-electron chi connectivity index (χ3n) is 3.85. The second-order valence-electron chi connectivity index (χ2n) is 5.75. The van der Waals surface area contributed by atoms with E-state index in [0.29, 0.717) is 17.5 Å². The van der Waals surface area contributed by atoms with Crippen molar-refractivity contribution in [3.05, 3.63) is 35.0 Å². The fourth-order valence-corrected chi connectivity index (χ4v) is 2.42. The van der Waals surface area contributed by atoms with Crippen LogP contribution in [0.25, 0.3) is 10.9 Å². The second kappa shape index (κ2) is 6.50. The highest BCUT2D eigenvalue weighted by Gasteiger charge is 2.14. The number of nitrogens with zero attached hydrogens (tertiary/aromatic N) is 1. The lowest BCUT2D eigenvalue weighted by Crippen LogP contribution is -2.38. The number of nitrogens with one attached hydrogen (secondary N) is 1. The van der Waals surface area contributed by atoms with Crippen LogP contribution in [0.1, 0.15) is 26.3 Å². The van der Waals surface area contributed by atoms with Crippen LogP contribution in [0.2, 0.25) is 5.02 Å². The molecule has 0 aliphatic carbocycles. The van der Waals surface area contributed by atoms with Gasteiger partial charge in [-0.1, -0.05) is 31.5 Å². The first-order valence-corrected chi connectivity index (χ1v) is 7.57. The van der Waals surface area contributed by atoms with Gasteiger partial charge in [0.05, 0.1) is 5.52 Å². The van der Waals surface area contributed by atoms with Crippen LogP contribution < -0.4 is 11.1 Å². The Kier molecular flexibility index (Phi) is 4.91. The van der Waals surface area contributed by atoms with E-state index >= 15 is 0 Å². The number of fused-ring (bicyclic) bond motifs is 1. The highest BCUT2D eigenvalue weighted by atomic mass is 35.5. The Labute approximate surface area is 130 Å². The summed E-state index contributed by atoms with van der Waals surface area (Å²) in [5, 5.41) is 4.71. The van der Waals surface area contributed by atoms with Gasteiger partial charge in [-0.05, 0) is 30.5 Å². The number of nitrogens with two attached hydrogens (primary N) is 1. The number of rotatable bonds is 5. The molecular formula is C16H22ClN3O. The minimum Gasteiger partial charge on any atom is -0.352 e. The molecule has 5 heteroatoms. The molecule has 1 aromatic carbocycles. The first-order chi connectivity index (χ1) is 9.92. The zero-order chi connectivity index (χ0) is 15.6. The zero-order valence-electron chi connectivity index (χ0n) is 12.7. The lowest BCUT2D eigenvalue weighted by molar-refractivity contribution is -0.122. The van der Waals surface area contributed by atoms with Crippen molar-refractivity contribution in [3.8, 4) is 0 Å². The van der Waals surface area contributed by atoms with Gasteiger partial charge in [-0.25, -0.2) is 0 Å². The lowest BCUT2D eigenvalue weighted by atomic mass is 10.1. The summed E-state index contributed by atoms with van der Waals surface area (Å²) in [5.74, 6) is 0.404. The van der Waals surface area contributed by atoms with Crippen LogP contribution in [-0.2, 0) is 17.9 Å². The molecular weight excluding hydrogens is 286 g/mol. The molecule has 0 saturated heterocycles. The number of carbonyl (C=O) groups is 1. The summed E-state index contributed by atoms with van der Waals surface area (Å²) in [6.45, 7) is 6.90. The molecule has 3 N–H and O–H groups in total. The Morgan fingerprint density at radius 1 is 1.38 bits per heavy atom. The Balaban J connectivity index is 2.26. The van der Waals surface area contributed by atoms with Gasteiger partial charge in [0.15, 0.2) is 0 Å². The van der Waals surface area contributed by atoms with E-state index in [4.69, 9.17) is 17.3 Å². The molecule has 1 amide bonds. The third kappa shape index (κ3) is 3.57. The van der Waals surface area contributed by atoms with Crippen LogP contribution in [-0.4, -0.2) is 16.5 Å². The number of carbonyl (C=O) groups excluding carboxylic acids is 1. The highest BCUT2D eigenvalue weighted by Crippen LogP contribution is 2.24. The molecule has 4 nitrogen and oxygen atoms in total. The molecule has 2 aromatic rings. The number of halogens is 1. The molecule has 1 heterocycles. The summed E-state index contributed by atoms with van der Waals surface area (Å²) in [6.07, 6.45) is 1.93. The van der Waals surface area contributed by atoms with Gasteiger partial charge < -0.3 is 15.6 Å². The Morgan fingerprint density at radius 3 is 2.71 bits per heavy atom. The molecule has 0 aliphatic heterocycles. The topological polar surface area (TPSA) is 60.0 Å². The summed E-state index contributed by atoms with van der Waals surface area (Å²) in [5.41, 5.74) is 7.73. The molecule has 0 radical (unpaired) electrons. The summed E-state index contributed by atoms with van der Waals surface area (Å²) < 4.78 is 1.91. The van der Waals surface area contributed by atoms with Gasteiger partial charge in [0.1, 0.15) is 6.54 Å². The van der Waals surface area contributed by atoms with Crippen molar-refractivity contribution in [2.24, 2.45) is 11.7 Å². The van der Waals surface area contributed by atoms with E-state index < -0.39 is 0 Å². The van der Waals surface area contributed by atoms with Crippen molar-refractivity contribution in [1.82, 2.24) is 9.88 Å². The first-order valence-electron chi connectivity index (χ1n) is 7.19. The second-order valence-corrected chi connectivity index (χ2v) is 6.18. The van der Waals surface area contributed by atoms with Crippen LogP contribution in [0.3, 0.4) is 0 Å². The fourth-order valence-electron chi connectivity index (χ4n) is 2.26. The van der Waals surface area contributed by atoms with Crippen molar-refractivity contribution in [3.63, 3.8) is 0 Å². The molecule has 0 aliphatic rings. The summed E-state index contributed by atoms with van der Waals surface area (Å²) in [4.78, 5) is 12.2. The van der Waals surface area contributed by atoms with E-state index in [9.17, 15) is 4.79 Å². The Hall–Kier alpha value is -1.52. The molecule has 1 aromatic heterocycles. The van der Waals surface area contributed by atoms with E-state index in [1.807, 2.05) is 35.9 Å².